The molecule has 1 aromatic carbocycles. The summed E-state index contributed by atoms with van der Waals surface area (Å²) in [6, 6.07) is 5.30. The normalized spacial score (nSPS) is 10.5. The number of nitrogens with one attached hydrogen (secondary N) is 1. The molecule has 0 saturated carbocycles. The average Bonchev–Trinajstić information content (AvgIpc) is 2.77. The van der Waals surface area contributed by atoms with E-state index in [0.29, 0.717) is 6.54 Å². The van der Waals surface area contributed by atoms with E-state index in [0.717, 1.165) is 20.8 Å². The van der Waals surface area contributed by atoms with Gasteiger partial charge in [-0.15, -0.1) is 11.3 Å². The van der Waals surface area contributed by atoms with Crippen LogP contribution in [0.2, 0.25) is 0 Å². The molecule has 0 unspecified atom stereocenters. The van der Waals surface area contributed by atoms with Crippen LogP contribution in [0.25, 0.3) is 0 Å². The molecule has 0 bridgehead atoms. The third kappa shape index (κ3) is 3.30. The Morgan fingerprint density at radius 2 is 2.00 bits per heavy atom. The summed E-state index contributed by atoms with van der Waals surface area (Å²) in [5, 5.41) is 2.60. The average molecular weight is 347 g/mol. The molecule has 0 aliphatic heterocycles. The van der Waals surface area contributed by atoms with Crippen molar-refractivity contribution in [3.05, 3.63) is 50.1 Å². The number of anilines is 1. The molecule has 0 aliphatic rings. The fourth-order valence-electron chi connectivity index (χ4n) is 1.47. The van der Waals surface area contributed by atoms with Gasteiger partial charge in [-0.25, -0.2) is 8.78 Å². The molecule has 1 amide bonds. The van der Waals surface area contributed by atoms with E-state index >= 15 is 0 Å². The second-order valence-corrected chi connectivity index (χ2v) is 6.29. The van der Waals surface area contributed by atoms with Gasteiger partial charge in [0, 0.05) is 16.6 Å². The molecule has 3 N–H and O–H groups in total. The molecule has 1 heterocycles. The molecule has 0 atom stereocenters. The van der Waals surface area contributed by atoms with Gasteiger partial charge in [-0.05, 0) is 34.1 Å². The number of benzene rings is 1. The zero-order valence-electron chi connectivity index (χ0n) is 9.54. The van der Waals surface area contributed by atoms with Gasteiger partial charge in [0.2, 0.25) is 0 Å². The lowest BCUT2D eigenvalue weighted by Gasteiger charge is -2.07. The van der Waals surface area contributed by atoms with E-state index < -0.39 is 17.5 Å². The number of amides is 1. The number of thiophene rings is 1. The Hall–Kier alpha value is -1.47. The van der Waals surface area contributed by atoms with Crippen molar-refractivity contribution in [2.45, 2.75) is 6.54 Å². The van der Waals surface area contributed by atoms with Gasteiger partial charge in [-0.3, -0.25) is 4.79 Å². The maximum absolute atomic E-state index is 13.1. The van der Waals surface area contributed by atoms with Crippen LogP contribution in [0.15, 0.2) is 28.1 Å². The van der Waals surface area contributed by atoms with Crippen LogP contribution in [0, 0.1) is 11.6 Å². The highest BCUT2D eigenvalue weighted by atomic mass is 79.9. The van der Waals surface area contributed by atoms with E-state index in [2.05, 4.69) is 21.2 Å². The fraction of sp³-hybridized carbons (Fsp3) is 0.0833. The van der Waals surface area contributed by atoms with E-state index in [1.54, 1.807) is 0 Å². The molecule has 3 nitrogen and oxygen atoms in total. The Bertz CT molecular complexity index is 630. The summed E-state index contributed by atoms with van der Waals surface area (Å²) in [4.78, 5) is 12.8. The van der Waals surface area contributed by atoms with Crippen LogP contribution < -0.4 is 11.1 Å². The van der Waals surface area contributed by atoms with Crippen molar-refractivity contribution < 1.29 is 13.6 Å². The number of carbonyl (C=O) groups excluding carboxylic acids is 1. The molecule has 0 saturated heterocycles. The van der Waals surface area contributed by atoms with Crippen LogP contribution in [0.3, 0.4) is 0 Å². The number of nitrogens with two attached hydrogens (primary N) is 1. The third-order valence-corrected chi connectivity index (χ3v) is 4.01. The van der Waals surface area contributed by atoms with E-state index in [1.165, 1.54) is 11.3 Å². The van der Waals surface area contributed by atoms with Crippen LogP contribution in [-0.4, -0.2) is 5.91 Å². The van der Waals surface area contributed by atoms with Gasteiger partial charge in [-0.2, -0.15) is 0 Å². The summed E-state index contributed by atoms with van der Waals surface area (Å²) in [6.07, 6.45) is 0. The van der Waals surface area contributed by atoms with E-state index in [1.807, 2.05) is 12.1 Å². The quantitative estimate of drug-likeness (QED) is 0.837. The first-order chi connectivity index (χ1) is 8.97. The van der Waals surface area contributed by atoms with Crippen molar-refractivity contribution in [2.75, 3.05) is 5.73 Å². The highest BCUT2D eigenvalue weighted by Gasteiger charge is 2.14. The largest absolute Gasteiger partial charge is 0.398 e. The molecule has 7 heteroatoms. The molecule has 0 fully saturated rings. The molecular formula is C12H9BrF2N2OS. The number of hydrogen-bond donors (Lipinski definition) is 2. The lowest BCUT2D eigenvalue weighted by atomic mass is 10.1. The van der Waals surface area contributed by atoms with Crippen LogP contribution in [-0.2, 0) is 6.54 Å². The minimum Gasteiger partial charge on any atom is -0.398 e. The first-order valence-corrected chi connectivity index (χ1v) is 6.85. The fourth-order valence-corrected chi connectivity index (χ4v) is 2.89. The van der Waals surface area contributed by atoms with Crippen molar-refractivity contribution in [2.24, 2.45) is 0 Å². The summed E-state index contributed by atoms with van der Waals surface area (Å²) < 4.78 is 26.9. The van der Waals surface area contributed by atoms with Gasteiger partial charge < -0.3 is 11.1 Å². The topological polar surface area (TPSA) is 55.1 Å². The first-order valence-electron chi connectivity index (χ1n) is 5.24. The predicted octanol–water partition coefficient (Wildman–Crippen LogP) is 3.30. The summed E-state index contributed by atoms with van der Waals surface area (Å²) in [5.74, 6) is -2.71. The maximum Gasteiger partial charge on any atom is 0.253 e. The third-order valence-electron chi connectivity index (χ3n) is 2.39. The van der Waals surface area contributed by atoms with Gasteiger partial charge in [0.1, 0.15) is 0 Å². The van der Waals surface area contributed by atoms with Gasteiger partial charge in [0.25, 0.3) is 5.91 Å². The summed E-state index contributed by atoms with van der Waals surface area (Å²) in [7, 11) is 0. The Labute approximate surface area is 120 Å². The molecule has 0 spiro atoms. The highest BCUT2D eigenvalue weighted by molar-refractivity contribution is 9.11. The highest BCUT2D eigenvalue weighted by Crippen LogP contribution is 2.22. The standard InChI is InChI=1S/C12H9BrF2N2OS/c13-11-2-1-6(19-11)5-17-12(18)7-3-8(14)9(15)4-10(7)16/h1-4H,5,16H2,(H,17,18). The number of carbonyl (C=O) groups is 1. The minimum absolute atomic E-state index is 0.0745. The summed E-state index contributed by atoms with van der Waals surface area (Å²) in [5.41, 5.74) is 5.32. The Morgan fingerprint density at radius 1 is 1.32 bits per heavy atom. The van der Waals surface area contributed by atoms with E-state index in [-0.39, 0.29) is 11.3 Å². The molecule has 1 aromatic heterocycles. The van der Waals surface area contributed by atoms with Crippen molar-refractivity contribution >= 4 is 38.9 Å². The Kier molecular flexibility index (Phi) is 4.16. The predicted molar refractivity (Wildman–Crippen MR) is 74.0 cm³/mol. The lowest BCUT2D eigenvalue weighted by molar-refractivity contribution is 0.0951. The number of halogens is 3. The monoisotopic (exact) mass is 346 g/mol. The molecular weight excluding hydrogens is 338 g/mol. The summed E-state index contributed by atoms with van der Waals surface area (Å²) in [6.45, 7) is 0.299. The number of hydrogen-bond acceptors (Lipinski definition) is 3. The second-order valence-electron chi connectivity index (χ2n) is 3.74. The first kappa shape index (κ1) is 14.0. The molecule has 0 radical (unpaired) electrons. The van der Waals surface area contributed by atoms with Crippen molar-refractivity contribution in [1.82, 2.24) is 5.32 Å². The lowest BCUT2D eigenvalue weighted by Crippen LogP contribution is -2.23. The van der Waals surface area contributed by atoms with Crippen molar-refractivity contribution in [3.8, 4) is 0 Å². The van der Waals surface area contributed by atoms with Gasteiger partial charge in [0.15, 0.2) is 11.6 Å². The van der Waals surface area contributed by atoms with Gasteiger partial charge >= 0.3 is 0 Å². The molecule has 19 heavy (non-hydrogen) atoms. The smallest absolute Gasteiger partial charge is 0.253 e. The zero-order valence-corrected chi connectivity index (χ0v) is 11.9. The van der Waals surface area contributed by atoms with Crippen LogP contribution >= 0.6 is 27.3 Å². The number of nitrogen functional groups attached to an aromatic ring is 1. The zero-order chi connectivity index (χ0) is 14.0. The van der Waals surface area contributed by atoms with Crippen LogP contribution in [0.5, 0.6) is 0 Å². The van der Waals surface area contributed by atoms with Crippen LogP contribution in [0.4, 0.5) is 14.5 Å². The SMILES string of the molecule is Nc1cc(F)c(F)cc1C(=O)NCc1ccc(Br)s1. The summed E-state index contributed by atoms with van der Waals surface area (Å²) >= 11 is 4.78. The van der Waals surface area contributed by atoms with Crippen molar-refractivity contribution in [3.63, 3.8) is 0 Å². The minimum atomic E-state index is -1.10. The maximum atomic E-state index is 13.1. The Morgan fingerprint density at radius 3 is 2.63 bits per heavy atom. The Balaban J connectivity index is 2.10. The van der Waals surface area contributed by atoms with Crippen molar-refractivity contribution in [1.29, 1.82) is 0 Å². The van der Waals surface area contributed by atoms with E-state index in [4.69, 9.17) is 5.73 Å². The number of rotatable bonds is 3. The van der Waals surface area contributed by atoms with Gasteiger partial charge in [-0.1, -0.05) is 0 Å². The van der Waals surface area contributed by atoms with E-state index in [9.17, 15) is 13.6 Å². The molecule has 2 rings (SSSR count). The van der Waals surface area contributed by atoms with Crippen LogP contribution in [0.1, 0.15) is 15.2 Å². The molecule has 0 aliphatic carbocycles. The van der Waals surface area contributed by atoms with Gasteiger partial charge in [0.05, 0.1) is 15.9 Å². The molecule has 100 valence electrons. The molecule has 2 aromatic rings. The second kappa shape index (κ2) is 5.66.